The summed E-state index contributed by atoms with van der Waals surface area (Å²) in [5.74, 6) is 1.35. The van der Waals surface area contributed by atoms with Gasteiger partial charge in [-0.25, -0.2) is 4.98 Å². The number of benzene rings is 2. The Kier molecular flexibility index (Phi) is 5.11. The van der Waals surface area contributed by atoms with Crippen LogP contribution in [0, 0.1) is 6.92 Å². The standard InChI is InChI=1S/C19H19BrN4/c1-3-14-7-4-5-10-17(14)23-19-21-13(2)11-18(24-19)22-16-9-6-8-15(20)12-16/h4-12H,3H2,1-2H3,(H2,21,22,23,24). The van der Waals surface area contributed by atoms with Gasteiger partial charge in [-0.3, -0.25) is 0 Å². The van der Waals surface area contributed by atoms with E-state index in [1.807, 2.05) is 55.5 Å². The molecule has 0 radical (unpaired) electrons. The summed E-state index contributed by atoms with van der Waals surface area (Å²) in [5.41, 5.74) is 4.16. The topological polar surface area (TPSA) is 49.8 Å². The van der Waals surface area contributed by atoms with Gasteiger partial charge in [0.25, 0.3) is 0 Å². The van der Waals surface area contributed by atoms with E-state index >= 15 is 0 Å². The molecule has 0 spiro atoms. The molecule has 1 heterocycles. The van der Waals surface area contributed by atoms with E-state index in [-0.39, 0.29) is 0 Å². The van der Waals surface area contributed by atoms with Crippen molar-refractivity contribution in [2.75, 3.05) is 10.6 Å². The summed E-state index contributed by atoms with van der Waals surface area (Å²) in [7, 11) is 0. The van der Waals surface area contributed by atoms with Crippen molar-refractivity contribution in [2.24, 2.45) is 0 Å². The number of aromatic nitrogens is 2. The van der Waals surface area contributed by atoms with Gasteiger partial charge in [-0.05, 0) is 43.2 Å². The highest BCUT2D eigenvalue weighted by atomic mass is 79.9. The zero-order valence-electron chi connectivity index (χ0n) is 13.7. The first-order valence-electron chi connectivity index (χ1n) is 7.87. The minimum absolute atomic E-state index is 0.591. The predicted molar refractivity (Wildman–Crippen MR) is 103 cm³/mol. The maximum Gasteiger partial charge on any atom is 0.229 e. The molecule has 2 N–H and O–H groups in total. The average Bonchev–Trinajstić information content (AvgIpc) is 2.55. The highest BCUT2D eigenvalue weighted by Gasteiger charge is 2.06. The van der Waals surface area contributed by atoms with Crippen molar-refractivity contribution in [1.82, 2.24) is 9.97 Å². The first-order valence-corrected chi connectivity index (χ1v) is 8.66. The number of aryl methyl sites for hydroxylation is 2. The van der Waals surface area contributed by atoms with Crippen molar-refractivity contribution in [3.63, 3.8) is 0 Å². The van der Waals surface area contributed by atoms with Crippen molar-refractivity contribution in [3.8, 4) is 0 Å². The molecule has 0 atom stereocenters. The lowest BCUT2D eigenvalue weighted by Crippen LogP contribution is -2.03. The summed E-state index contributed by atoms with van der Waals surface area (Å²) in [6.45, 7) is 4.10. The Labute approximate surface area is 150 Å². The van der Waals surface area contributed by atoms with Crippen molar-refractivity contribution < 1.29 is 0 Å². The van der Waals surface area contributed by atoms with Crippen molar-refractivity contribution in [3.05, 3.63) is 70.3 Å². The van der Waals surface area contributed by atoms with Crippen LogP contribution in [-0.4, -0.2) is 9.97 Å². The van der Waals surface area contributed by atoms with Crippen LogP contribution in [0.5, 0.6) is 0 Å². The summed E-state index contributed by atoms with van der Waals surface area (Å²) < 4.78 is 1.02. The molecule has 0 saturated heterocycles. The normalized spacial score (nSPS) is 10.5. The van der Waals surface area contributed by atoms with Crippen LogP contribution in [0.2, 0.25) is 0 Å². The smallest absolute Gasteiger partial charge is 0.229 e. The second-order valence-electron chi connectivity index (χ2n) is 5.49. The molecule has 0 saturated carbocycles. The Bertz CT molecular complexity index is 848. The van der Waals surface area contributed by atoms with Crippen LogP contribution in [0.3, 0.4) is 0 Å². The van der Waals surface area contributed by atoms with Gasteiger partial charge in [-0.2, -0.15) is 4.98 Å². The summed E-state index contributed by atoms with van der Waals surface area (Å²) in [4.78, 5) is 9.07. The minimum atomic E-state index is 0.591. The molecule has 24 heavy (non-hydrogen) atoms. The van der Waals surface area contributed by atoms with E-state index in [1.165, 1.54) is 5.56 Å². The number of nitrogens with one attached hydrogen (secondary N) is 2. The fourth-order valence-corrected chi connectivity index (χ4v) is 2.87. The maximum atomic E-state index is 4.58. The molecule has 3 rings (SSSR count). The third-order valence-electron chi connectivity index (χ3n) is 3.60. The van der Waals surface area contributed by atoms with E-state index in [4.69, 9.17) is 0 Å². The number of para-hydroxylation sites is 1. The van der Waals surface area contributed by atoms with E-state index in [2.05, 4.69) is 49.5 Å². The zero-order chi connectivity index (χ0) is 16.9. The lowest BCUT2D eigenvalue weighted by Gasteiger charge is -2.12. The number of hydrogen-bond donors (Lipinski definition) is 2. The summed E-state index contributed by atoms with van der Waals surface area (Å²) in [6.07, 6.45) is 0.956. The number of hydrogen-bond acceptors (Lipinski definition) is 4. The number of nitrogens with zero attached hydrogens (tertiary/aromatic N) is 2. The van der Waals surface area contributed by atoms with Crippen LogP contribution in [-0.2, 0) is 6.42 Å². The molecule has 2 aromatic carbocycles. The molecule has 122 valence electrons. The van der Waals surface area contributed by atoms with Crippen molar-refractivity contribution in [2.45, 2.75) is 20.3 Å². The van der Waals surface area contributed by atoms with Crippen molar-refractivity contribution >= 4 is 39.1 Å². The first kappa shape index (κ1) is 16.5. The molecular weight excluding hydrogens is 364 g/mol. The fraction of sp³-hybridized carbons (Fsp3) is 0.158. The van der Waals surface area contributed by atoms with Gasteiger partial charge in [0.15, 0.2) is 0 Å². The molecule has 0 aliphatic carbocycles. The molecule has 3 aromatic rings. The predicted octanol–water partition coefficient (Wildman–Crippen LogP) is 5.60. The highest BCUT2D eigenvalue weighted by molar-refractivity contribution is 9.10. The molecule has 0 bridgehead atoms. The molecule has 0 fully saturated rings. The van der Waals surface area contributed by atoms with Crippen LogP contribution < -0.4 is 10.6 Å². The molecule has 0 amide bonds. The number of rotatable bonds is 5. The Morgan fingerprint density at radius 1 is 0.958 bits per heavy atom. The Morgan fingerprint density at radius 2 is 1.79 bits per heavy atom. The Hall–Kier alpha value is -2.40. The summed E-state index contributed by atoms with van der Waals surface area (Å²) in [6, 6.07) is 18.1. The van der Waals surface area contributed by atoms with E-state index in [1.54, 1.807) is 0 Å². The van der Waals surface area contributed by atoms with Crippen molar-refractivity contribution in [1.29, 1.82) is 0 Å². The summed E-state index contributed by atoms with van der Waals surface area (Å²) in [5, 5.41) is 6.65. The SMILES string of the molecule is CCc1ccccc1Nc1nc(C)cc(Nc2cccc(Br)c2)n1. The monoisotopic (exact) mass is 382 g/mol. The molecule has 0 aliphatic rings. The van der Waals surface area contributed by atoms with Crippen LogP contribution >= 0.6 is 15.9 Å². The van der Waals surface area contributed by atoms with E-state index < -0.39 is 0 Å². The van der Waals surface area contributed by atoms with Gasteiger partial charge in [0.1, 0.15) is 5.82 Å². The van der Waals surface area contributed by atoms with Gasteiger partial charge in [0.2, 0.25) is 5.95 Å². The molecule has 0 aliphatic heterocycles. The second-order valence-corrected chi connectivity index (χ2v) is 6.40. The van der Waals surface area contributed by atoms with Gasteiger partial charge in [0, 0.05) is 27.6 Å². The minimum Gasteiger partial charge on any atom is -0.340 e. The van der Waals surface area contributed by atoms with Gasteiger partial charge in [0.05, 0.1) is 0 Å². The van der Waals surface area contributed by atoms with Gasteiger partial charge < -0.3 is 10.6 Å². The average molecular weight is 383 g/mol. The largest absolute Gasteiger partial charge is 0.340 e. The number of anilines is 4. The van der Waals surface area contributed by atoms with Crippen LogP contribution in [0.15, 0.2) is 59.1 Å². The Morgan fingerprint density at radius 3 is 2.58 bits per heavy atom. The van der Waals surface area contributed by atoms with Gasteiger partial charge in [-0.15, -0.1) is 0 Å². The third-order valence-corrected chi connectivity index (χ3v) is 4.09. The maximum absolute atomic E-state index is 4.58. The molecule has 5 heteroatoms. The third kappa shape index (κ3) is 4.11. The zero-order valence-corrected chi connectivity index (χ0v) is 15.3. The van der Waals surface area contributed by atoms with Crippen LogP contribution in [0.25, 0.3) is 0 Å². The molecule has 0 unspecified atom stereocenters. The summed E-state index contributed by atoms with van der Waals surface area (Å²) >= 11 is 3.48. The van der Waals surface area contributed by atoms with Crippen LogP contribution in [0.4, 0.5) is 23.1 Å². The Balaban J connectivity index is 1.86. The highest BCUT2D eigenvalue weighted by Crippen LogP contribution is 2.23. The first-order chi connectivity index (χ1) is 11.6. The van der Waals surface area contributed by atoms with E-state index in [0.29, 0.717) is 5.95 Å². The van der Waals surface area contributed by atoms with Gasteiger partial charge in [-0.1, -0.05) is 47.1 Å². The van der Waals surface area contributed by atoms with E-state index in [0.717, 1.165) is 33.8 Å². The number of halogens is 1. The molecule has 1 aromatic heterocycles. The van der Waals surface area contributed by atoms with Crippen LogP contribution in [0.1, 0.15) is 18.2 Å². The lowest BCUT2D eigenvalue weighted by molar-refractivity contribution is 1.09. The lowest BCUT2D eigenvalue weighted by atomic mass is 10.1. The van der Waals surface area contributed by atoms with E-state index in [9.17, 15) is 0 Å². The fourth-order valence-electron chi connectivity index (χ4n) is 2.47. The second kappa shape index (κ2) is 7.45. The quantitative estimate of drug-likeness (QED) is 0.602. The molecular formula is C19H19BrN4. The van der Waals surface area contributed by atoms with Gasteiger partial charge >= 0.3 is 0 Å². The molecule has 4 nitrogen and oxygen atoms in total.